The second-order valence-corrected chi connectivity index (χ2v) is 9.91. The summed E-state index contributed by atoms with van der Waals surface area (Å²) in [4.78, 5) is 15.4. The first-order valence-electron chi connectivity index (χ1n) is 12.8. The maximum absolute atomic E-state index is 13.4. The number of fused-ring (bicyclic) bond motifs is 5. The molecule has 2 heterocycles. The van der Waals surface area contributed by atoms with Crippen molar-refractivity contribution in [2.24, 2.45) is 0 Å². The summed E-state index contributed by atoms with van der Waals surface area (Å²) in [7, 11) is 0. The molecule has 2 bridgehead atoms. The molecule has 35 heavy (non-hydrogen) atoms. The highest BCUT2D eigenvalue weighted by atomic mass is 16.6. The summed E-state index contributed by atoms with van der Waals surface area (Å²) in [6.45, 7) is 0.388. The number of benzene rings is 3. The van der Waals surface area contributed by atoms with Gasteiger partial charge < -0.3 is 4.74 Å². The Bertz CT molecular complexity index is 1230. The smallest absolute Gasteiger partial charge is 0.410 e. The minimum Gasteiger partial charge on any atom is -0.448 e. The Morgan fingerprint density at radius 2 is 1.57 bits per heavy atom. The maximum Gasteiger partial charge on any atom is 0.410 e. The van der Waals surface area contributed by atoms with Gasteiger partial charge in [-0.1, -0.05) is 103 Å². The molecule has 1 amide bonds. The molecule has 6 rings (SSSR count). The molecule has 0 N–H and O–H groups in total. The van der Waals surface area contributed by atoms with Gasteiger partial charge in [-0.2, -0.15) is 0 Å². The van der Waals surface area contributed by atoms with Crippen LogP contribution in [0.15, 0.2) is 96.6 Å². The van der Waals surface area contributed by atoms with Gasteiger partial charge in [-0.3, -0.25) is 4.90 Å². The second kappa shape index (κ2) is 9.58. The standard InChI is InChI=1S/C32H31NO2/c34-32(35-22-31-29-18-6-4-16-27(29)28-17-5-7-19-30(28)31)33-25-14-9-15-26(33)21-24(20-25)13-8-12-23-10-2-1-3-11-23/h1-8,10-12,16-20,25-26,31H,9,13-15,21-22H2/b12-8+. The fourth-order valence-corrected chi connectivity index (χ4v) is 6.13. The van der Waals surface area contributed by atoms with Crippen LogP contribution in [0, 0.1) is 0 Å². The molecular formula is C32H31NO2. The van der Waals surface area contributed by atoms with Gasteiger partial charge in [0.25, 0.3) is 0 Å². The number of carbonyl (C=O) groups is 1. The lowest BCUT2D eigenvalue weighted by Crippen LogP contribution is -2.52. The fraction of sp³-hybridized carbons (Fsp3) is 0.281. The average molecular weight is 462 g/mol. The molecule has 0 spiro atoms. The van der Waals surface area contributed by atoms with Gasteiger partial charge in [0, 0.05) is 12.0 Å². The maximum atomic E-state index is 13.4. The lowest BCUT2D eigenvalue weighted by molar-refractivity contribution is 0.0509. The number of nitrogens with zero attached hydrogens (tertiary/aromatic N) is 1. The third-order valence-corrected chi connectivity index (χ3v) is 7.75. The van der Waals surface area contributed by atoms with Gasteiger partial charge in [0.15, 0.2) is 0 Å². The quantitative estimate of drug-likeness (QED) is 0.366. The number of amides is 1. The number of ether oxygens (including phenoxy) is 1. The fourth-order valence-electron chi connectivity index (χ4n) is 6.13. The van der Waals surface area contributed by atoms with Crippen LogP contribution in [-0.4, -0.2) is 29.7 Å². The zero-order chi connectivity index (χ0) is 23.6. The first-order chi connectivity index (χ1) is 17.3. The summed E-state index contributed by atoms with van der Waals surface area (Å²) >= 11 is 0. The molecule has 1 aliphatic carbocycles. The van der Waals surface area contributed by atoms with Crippen molar-refractivity contribution in [3.8, 4) is 11.1 Å². The third kappa shape index (κ3) is 4.32. The van der Waals surface area contributed by atoms with E-state index in [1.165, 1.54) is 39.8 Å². The van der Waals surface area contributed by atoms with Crippen LogP contribution in [0.5, 0.6) is 0 Å². The summed E-state index contributed by atoms with van der Waals surface area (Å²) in [6, 6.07) is 27.8. The molecule has 2 unspecified atom stereocenters. The third-order valence-electron chi connectivity index (χ3n) is 7.75. The number of rotatable bonds is 5. The van der Waals surface area contributed by atoms with Crippen LogP contribution in [0.3, 0.4) is 0 Å². The molecule has 176 valence electrons. The first kappa shape index (κ1) is 21.9. The zero-order valence-electron chi connectivity index (χ0n) is 20.0. The Hall–Kier alpha value is -3.59. The molecule has 3 nitrogen and oxygen atoms in total. The van der Waals surface area contributed by atoms with Crippen molar-refractivity contribution in [2.75, 3.05) is 6.61 Å². The van der Waals surface area contributed by atoms with Gasteiger partial charge >= 0.3 is 6.09 Å². The van der Waals surface area contributed by atoms with Crippen molar-refractivity contribution in [3.05, 3.63) is 113 Å². The normalized spacial score (nSPS) is 20.9. The highest BCUT2D eigenvalue weighted by molar-refractivity contribution is 5.79. The van der Waals surface area contributed by atoms with Crippen LogP contribution in [0.4, 0.5) is 4.79 Å². The molecule has 1 saturated heterocycles. The predicted molar refractivity (Wildman–Crippen MR) is 141 cm³/mol. The number of hydrogen-bond donors (Lipinski definition) is 0. The molecule has 0 saturated carbocycles. The lowest BCUT2D eigenvalue weighted by Gasteiger charge is -2.44. The van der Waals surface area contributed by atoms with Gasteiger partial charge in [0.1, 0.15) is 6.61 Å². The Kier molecular flexibility index (Phi) is 5.99. The van der Waals surface area contributed by atoms with Crippen molar-refractivity contribution in [1.82, 2.24) is 4.90 Å². The summed E-state index contributed by atoms with van der Waals surface area (Å²) < 4.78 is 6.03. The average Bonchev–Trinajstić information content (AvgIpc) is 3.21. The molecule has 3 aromatic rings. The molecule has 0 aromatic heterocycles. The predicted octanol–water partition coefficient (Wildman–Crippen LogP) is 7.59. The van der Waals surface area contributed by atoms with Gasteiger partial charge in [0.05, 0.1) is 6.04 Å². The summed E-state index contributed by atoms with van der Waals surface area (Å²) in [5, 5.41) is 0. The number of piperidine rings is 1. The van der Waals surface area contributed by atoms with E-state index in [1.807, 2.05) is 11.0 Å². The van der Waals surface area contributed by atoms with Gasteiger partial charge in [0.2, 0.25) is 0 Å². The van der Waals surface area contributed by atoms with Crippen molar-refractivity contribution in [2.45, 2.75) is 50.1 Å². The molecule has 1 fully saturated rings. The zero-order valence-corrected chi connectivity index (χ0v) is 20.0. The topological polar surface area (TPSA) is 29.5 Å². The minimum atomic E-state index is -0.156. The SMILES string of the molecule is O=C(OCC1c2ccccc2-c2ccccc21)N1C2C=C(C/C=C/c3ccccc3)CC1CCC2. The molecule has 3 aliphatic rings. The number of allylic oxidation sites excluding steroid dienone is 1. The molecule has 3 heteroatoms. The highest BCUT2D eigenvalue weighted by Gasteiger charge is 2.38. The van der Waals surface area contributed by atoms with E-state index in [9.17, 15) is 4.79 Å². The first-order valence-corrected chi connectivity index (χ1v) is 12.8. The number of hydrogen-bond acceptors (Lipinski definition) is 2. The van der Waals surface area contributed by atoms with Crippen molar-refractivity contribution in [1.29, 1.82) is 0 Å². The summed E-state index contributed by atoms with van der Waals surface area (Å²) in [6.07, 6.45) is 11.7. The van der Waals surface area contributed by atoms with Crippen LogP contribution < -0.4 is 0 Å². The van der Waals surface area contributed by atoms with Gasteiger partial charge in [-0.25, -0.2) is 4.79 Å². The largest absolute Gasteiger partial charge is 0.448 e. The molecule has 0 radical (unpaired) electrons. The van der Waals surface area contributed by atoms with Crippen molar-refractivity contribution < 1.29 is 9.53 Å². The van der Waals surface area contributed by atoms with Crippen molar-refractivity contribution >= 4 is 12.2 Å². The number of carbonyl (C=O) groups excluding carboxylic acids is 1. The summed E-state index contributed by atoms with van der Waals surface area (Å²) in [5.74, 6) is 0.102. The highest BCUT2D eigenvalue weighted by Crippen LogP contribution is 2.45. The minimum absolute atomic E-state index is 0.102. The van der Waals surface area contributed by atoms with Gasteiger partial charge in [-0.15, -0.1) is 0 Å². The molecule has 2 aliphatic heterocycles. The van der Waals surface area contributed by atoms with E-state index in [2.05, 4.69) is 91.0 Å². The summed E-state index contributed by atoms with van der Waals surface area (Å²) in [5.41, 5.74) is 7.70. The lowest BCUT2D eigenvalue weighted by atomic mass is 9.84. The van der Waals surface area contributed by atoms with Crippen LogP contribution >= 0.6 is 0 Å². The van der Waals surface area contributed by atoms with Crippen LogP contribution in [0.2, 0.25) is 0 Å². The van der Waals surface area contributed by atoms with Crippen LogP contribution in [0.25, 0.3) is 17.2 Å². The molecule has 2 atom stereocenters. The van der Waals surface area contributed by atoms with E-state index in [0.29, 0.717) is 6.61 Å². The Labute approximate surface area is 207 Å². The Morgan fingerprint density at radius 1 is 0.886 bits per heavy atom. The van der Waals surface area contributed by atoms with Crippen LogP contribution in [0.1, 0.15) is 54.7 Å². The van der Waals surface area contributed by atoms with E-state index in [0.717, 1.165) is 25.7 Å². The second-order valence-electron chi connectivity index (χ2n) is 9.91. The molecule has 3 aromatic carbocycles. The monoisotopic (exact) mass is 461 g/mol. The van der Waals surface area contributed by atoms with E-state index < -0.39 is 0 Å². The van der Waals surface area contributed by atoms with E-state index in [1.54, 1.807) is 0 Å². The van der Waals surface area contributed by atoms with E-state index in [-0.39, 0.29) is 24.1 Å². The molecular weight excluding hydrogens is 430 g/mol. The van der Waals surface area contributed by atoms with Crippen LogP contribution in [-0.2, 0) is 4.74 Å². The van der Waals surface area contributed by atoms with E-state index in [4.69, 9.17) is 4.74 Å². The van der Waals surface area contributed by atoms with Crippen molar-refractivity contribution in [3.63, 3.8) is 0 Å². The van der Waals surface area contributed by atoms with Gasteiger partial charge in [-0.05, 0) is 59.9 Å². The Morgan fingerprint density at radius 3 is 2.29 bits per heavy atom. The van der Waals surface area contributed by atoms with E-state index >= 15 is 0 Å². The Balaban J connectivity index is 1.14.